The van der Waals surface area contributed by atoms with E-state index in [1.54, 1.807) is 30.3 Å². The van der Waals surface area contributed by atoms with Gasteiger partial charge in [-0.1, -0.05) is 12.1 Å². The molecule has 1 saturated heterocycles. The van der Waals surface area contributed by atoms with E-state index in [1.165, 1.54) is 6.07 Å². The van der Waals surface area contributed by atoms with Crippen LogP contribution >= 0.6 is 0 Å². The lowest BCUT2D eigenvalue weighted by Crippen LogP contribution is -2.50. The summed E-state index contributed by atoms with van der Waals surface area (Å²) in [6.07, 6.45) is 0.788. The second-order valence-corrected chi connectivity index (χ2v) is 6.45. The molecule has 2 N–H and O–H groups in total. The van der Waals surface area contributed by atoms with Gasteiger partial charge < -0.3 is 19.6 Å². The van der Waals surface area contributed by atoms with Crippen molar-refractivity contribution in [1.82, 2.24) is 5.32 Å². The fourth-order valence-corrected chi connectivity index (χ4v) is 3.09. The summed E-state index contributed by atoms with van der Waals surface area (Å²) in [6.45, 7) is 0.626. The molecule has 0 aliphatic carbocycles. The largest absolute Gasteiger partial charge is 0.481 e. The molecule has 2 heterocycles. The average Bonchev–Trinajstić information content (AvgIpc) is 3.22. The number of aliphatic carboxylic acids is 1. The maximum absolute atomic E-state index is 13.8. The van der Waals surface area contributed by atoms with Gasteiger partial charge in [-0.05, 0) is 30.7 Å². The summed E-state index contributed by atoms with van der Waals surface area (Å²) in [4.78, 5) is 23.3. The molecule has 1 atom stereocenters. The molecule has 3 rings (SSSR count). The molecule has 1 aromatic carbocycles. The topological polar surface area (TPSA) is 88.8 Å². The summed E-state index contributed by atoms with van der Waals surface area (Å²) >= 11 is 0. The molecule has 0 radical (unpaired) electrons. The number of furan rings is 1. The summed E-state index contributed by atoms with van der Waals surface area (Å²) in [7, 11) is 0. The minimum Gasteiger partial charge on any atom is -0.481 e. The molecule has 1 aliphatic heterocycles. The number of carbonyl (C=O) groups is 2. The summed E-state index contributed by atoms with van der Waals surface area (Å²) < 4.78 is 24.7. The second-order valence-electron chi connectivity index (χ2n) is 6.45. The van der Waals surface area contributed by atoms with Crippen LogP contribution in [0.2, 0.25) is 0 Å². The second kappa shape index (κ2) is 7.70. The molecule has 0 bridgehead atoms. The van der Waals surface area contributed by atoms with Gasteiger partial charge in [0.2, 0.25) is 5.91 Å². The van der Waals surface area contributed by atoms with Crippen molar-refractivity contribution in [2.24, 2.45) is 0 Å². The van der Waals surface area contributed by atoms with Crippen LogP contribution < -0.4 is 5.32 Å². The van der Waals surface area contributed by atoms with Gasteiger partial charge >= 0.3 is 5.97 Å². The van der Waals surface area contributed by atoms with Crippen LogP contribution in [0.4, 0.5) is 4.39 Å². The zero-order valence-electron chi connectivity index (χ0n) is 14.2. The third-order valence-corrected chi connectivity index (χ3v) is 4.40. The van der Waals surface area contributed by atoms with Crippen molar-refractivity contribution >= 4 is 11.9 Å². The Balaban J connectivity index is 1.58. The Morgan fingerprint density at radius 1 is 1.23 bits per heavy atom. The Labute approximate surface area is 150 Å². The van der Waals surface area contributed by atoms with Crippen LogP contribution in [0.15, 0.2) is 40.8 Å². The highest BCUT2D eigenvalue weighted by Crippen LogP contribution is 2.26. The highest BCUT2D eigenvalue weighted by molar-refractivity contribution is 5.78. The van der Waals surface area contributed by atoms with Gasteiger partial charge in [0.05, 0.1) is 24.1 Å². The number of carbonyl (C=O) groups excluding carboxylic acids is 1. The summed E-state index contributed by atoms with van der Waals surface area (Å²) in [5.74, 6) is -0.640. The third-order valence-electron chi connectivity index (χ3n) is 4.40. The minimum atomic E-state index is -0.976. The van der Waals surface area contributed by atoms with Crippen molar-refractivity contribution in [3.05, 3.63) is 48.0 Å². The van der Waals surface area contributed by atoms with E-state index in [4.69, 9.17) is 14.3 Å². The fourth-order valence-electron chi connectivity index (χ4n) is 3.09. The van der Waals surface area contributed by atoms with Crippen LogP contribution in [0.3, 0.4) is 0 Å². The molecular weight excluding hydrogens is 341 g/mol. The molecule has 1 fully saturated rings. The number of carboxylic acids is 1. The van der Waals surface area contributed by atoms with E-state index in [2.05, 4.69) is 5.32 Å². The molecule has 0 saturated carbocycles. The van der Waals surface area contributed by atoms with Crippen LogP contribution in [-0.4, -0.2) is 35.7 Å². The van der Waals surface area contributed by atoms with E-state index in [1.807, 2.05) is 0 Å². The smallest absolute Gasteiger partial charge is 0.305 e. The van der Waals surface area contributed by atoms with E-state index in [0.29, 0.717) is 36.5 Å². The van der Waals surface area contributed by atoms with E-state index < -0.39 is 11.5 Å². The van der Waals surface area contributed by atoms with Crippen LogP contribution in [0.1, 0.15) is 25.0 Å². The van der Waals surface area contributed by atoms with Crippen LogP contribution in [0.5, 0.6) is 0 Å². The average molecular weight is 361 g/mol. The number of benzene rings is 1. The van der Waals surface area contributed by atoms with Crippen molar-refractivity contribution in [2.75, 3.05) is 13.2 Å². The molecule has 2 aromatic rings. The number of ether oxygens (including phenoxy) is 1. The molecule has 7 heteroatoms. The Morgan fingerprint density at radius 3 is 2.73 bits per heavy atom. The van der Waals surface area contributed by atoms with Crippen molar-refractivity contribution in [3.63, 3.8) is 0 Å². The Hall–Kier alpha value is -2.67. The van der Waals surface area contributed by atoms with Crippen LogP contribution in [0.25, 0.3) is 11.3 Å². The van der Waals surface area contributed by atoms with Gasteiger partial charge in [-0.3, -0.25) is 9.59 Å². The molecular formula is C19H20FNO5. The maximum Gasteiger partial charge on any atom is 0.305 e. The predicted molar refractivity (Wildman–Crippen MR) is 91.0 cm³/mol. The van der Waals surface area contributed by atoms with Crippen LogP contribution in [-0.2, 0) is 20.7 Å². The number of carboxylic acid groups (broad SMARTS) is 1. The third kappa shape index (κ3) is 4.29. The van der Waals surface area contributed by atoms with Gasteiger partial charge in [-0.2, -0.15) is 0 Å². The first-order valence-electron chi connectivity index (χ1n) is 8.42. The van der Waals surface area contributed by atoms with Crippen LogP contribution in [0, 0.1) is 5.82 Å². The number of hydrogen-bond donors (Lipinski definition) is 2. The number of aryl methyl sites for hydroxylation is 1. The van der Waals surface area contributed by atoms with Gasteiger partial charge in [0.1, 0.15) is 17.3 Å². The maximum atomic E-state index is 13.8. The lowest BCUT2D eigenvalue weighted by atomic mass is 9.94. The van der Waals surface area contributed by atoms with E-state index >= 15 is 0 Å². The number of halogens is 1. The quantitative estimate of drug-likeness (QED) is 0.792. The zero-order chi connectivity index (χ0) is 18.6. The summed E-state index contributed by atoms with van der Waals surface area (Å²) in [5, 5.41) is 11.8. The first-order valence-corrected chi connectivity index (χ1v) is 8.42. The standard InChI is InChI=1S/C19H20FNO5/c20-15-4-2-1-3-14(15)16-7-5-13(26-16)6-8-17(22)21-19(11-18(23)24)9-10-25-12-19/h1-5,7H,6,8-12H2,(H,21,22)(H,23,24). The molecule has 1 aromatic heterocycles. The lowest BCUT2D eigenvalue weighted by molar-refractivity contribution is -0.139. The Bertz CT molecular complexity index is 795. The molecule has 0 spiro atoms. The van der Waals surface area contributed by atoms with Gasteiger partial charge in [0.15, 0.2) is 0 Å². The predicted octanol–water partition coefficient (Wildman–Crippen LogP) is 2.77. The van der Waals surface area contributed by atoms with E-state index in [0.717, 1.165) is 0 Å². The number of hydrogen-bond acceptors (Lipinski definition) is 4. The minimum absolute atomic E-state index is 0.144. The molecule has 1 amide bonds. The SMILES string of the molecule is O=C(O)CC1(NC(=O)CCc2ccc(-c3ccccc3F)o2)CCOC1. The molecule has 138 valence electrons. The van der Waals surface area contributed by atoms with Gasteiger partial charge in [0, 0.05) is 19.4 Å². The van der Waals surface area contributed by atoms with Crippen molar-refractivity contribution < 1.29 is 28.2 Å². The van der Waals surface area contributed by atoms with Gasteiger partial charge in [-0.15, -0.1) is 0 Å². The number of amides is 1. The number of nitrogens with one attached hydrogen (secondary N) is 1. The summed E-state index contributed by atoms with van der Waals surface area (Å²) in [5.41, 5.74) is -0.476. The lowest BCUT2D eigenvalue weighted by Gasteiger charge is -2.26. The zero-order valence-corrected chi connectivity index (χ0v) is 14.2. The monoisotopic (exact) mass is 361 g/mol. The van der Waals surface area contributed by atoms with Crippen molar-refractivity contribution in [3.8, 4) is 11.3 Å². The Morgan fingerprint density at radius 2 is 2.04 bits per heavy atom. The highest BCUT2D eigenvalue weighted by atomic mass is 19.1. The molecule has 6 nitrogen and oxygen atoms in total. The van der Waals surface area contributed by atoms with Crippen molar-refractivity contribution in [1.29, 1.82) is 0 Å². The molecule has 1 unspecified atom stereocenters. The highest BCUT2D eigenvalue weighted by Gasteiger charge is 2.38. The molecule has 1 aliphatic rings. The number of rotatable bonds is 7. The normalized spacial score (nSPS) is 19.4. The fraction of sp³-hybridized carbons (Fsp3) is 0.368. The van der Waals surface area contributed by atoms with Crippen molar-refractivity contribution in [2.45, 2.75) is 31.2 Å². The first kappa shape index (κ1) is 18.1. The van der Waals surface area contributed by atoms with E-state index in [-0.39, 0.29) is 31.2 Å². The Kier molecular flexibility index (Phi) is 5.37. The molecule has 26 heavy (non-hydrogen) atoms. The van der Waals surface area contributed by atoms with E-state index in [9.17, 15) is 14.0 Å². The summed E-state index contributed by atoms with van der Waals surface area (Å²) in [6, 6.07) is 9.69. The van der Waals surface area contributed by atoms with Gasteiger partial charge in [0.25, 0.3) is 0 Å². The van der Waals surface area contributed by atoms with Gasteiger partial charge in [-0.25, -0.2) is 4.39 Å². The first-order chi connectivity index (χ1) is 12.5.